The van der Waals surface area contributed by atoms with Crippen molar-refractivity contribution in [1.82, 2.24) is 5.32 Å². The lowest BCUT2D eigenvalue weighted by Gasteiger charge is -2.02. The van der Waals surface area contributed by atoms with E-state index in [2.05, 4.69) is 38.2 Å². The minimum Gasteiger partial charge on any atom is -0.317 e. The third-order valence-electron chi connectivity index (χ3n) is 1.95. The van der Waals surface area contributed by atoms with Gasteiger partial charge >= 0.3 is 0 Å². The normalized spacial score (nSPS) is 13.9. The maximum absolute atomic E-state index is 3.30. The highest BCUT2D eigenvalue weighted by Crippen LogP contribution is 2.06. The third-order valence-corrected chi connectivity index (χ3v) is 1.95. The quantitative estimate of drug-likeness (QED) is 0.456. The first kappa shape index (κ1) is 11.7. The van der Waals surface area contributed by atoms with Gasteiger partial charge in [0.25, 0.3) is 0 Å². The summed E-state index contributed by atoms with van der Waals surface area (Å²) >= 11 is 0. The maximum Gasteiger partial charge on any atom is -0.00144 e. The molecule has 0 bridgehead atoms. The van der Waals surface area contributed by atoms with Crippen LogP contribution in [-0.2, 0) is 0 Å². The van der Waals surface area contributed by atoms with Crippen LogP contribution in [0.2, 0.25) is 0 Å². The van der Waals surface area contributed by atoms with E-state index in [9.17, 15) is 0 Å². The van der Waals surface area contributed by atoms with Crippen LogP contribution in [0.5, 0.6) is 0 Å². The van der Waals surface area contributed by atoms with Gasteiger partial charge in [-0.25, -0.2) is 0 Å². The van der Waals surface area contributed by atoms with Crippen LogP contribution < -0.4 is 5.32 Å². The molecule has 0 fully saturated rings. The van der Waals surface area contributed by atoms with Crippen molar-refractivity contribution in [3.63, 3.8) is 0 Å². The highest BCUT2D eigenvalue weighted by molar-refractivity contribution is 4.86. The van der Waals surface area contributed by atoms with Crippen molar-refractivity contribution in [3.8, 4) is 0 Å². The largest absolute Gasteiger partial charge is 0.317 e. The fourth-order valence-corrected chi connectivity index (χ4v) is 1.24. The zero-order valence-electron chi connectivity index (χ0n) is 8.77. The molecular weight excluding hydrogens is 146 g/mol. The monoisotopic (exact) mass is 169 g/mol. The molecule has 0 aromatic rings. The number of hydrogen-bond acceptors (Lipinski definition) is 1. The second-order valence-electron chi connectivity index (χ2n) is 3.34. The van der Waals surface area contributed by atoms with Gasteiger partial charge in [-0.3, -0.25) is 0 Å². The minimum absolute atomic E-state index is 0.761. The Labute approximate surface area is 77.2 Å². The molecule has 1 N–H and O–H groups in total. The predicted octanol–water partition coefficient (Wildman–Crippen LogP) is 2.98. The van der Waals surface area contributed by atoms with E-state index < -0.39 is 0 Å². The average Bonchev–Trinajstić information content (AvgIpc) is 2.05. The van der Waals surface area contributed by atoms with Gasteiger partial charge in [-0.05, 0) is 31.8 Å². The molecule has 1 heteroatoms. The van der Waals surface area contributed by atoms with Gasteiger partial charge in [-0.2, -0.15) is 0 Å². The van der Waals surface area contributed by atoms with Gasteiger partial charge in [0.1, 0.15) is 0 Å². The van der Waals surface area contributed by atoms with Gasteiger partial charge in [0, 0.05) is 0 Å². The van der Waals surface area contributed by atoms with E-state index in [1.165, 1.54) is 19.3 Å². The van der Waals surface area contributed by atoms with Crippen LogP contribution in [0.1, 0.15) is 40.0 Å². The maximum atomic E-state index is 3.30. The second-order valence-corrected chi connectivity index (χ2v) is 3.34. The van der Waals surface area contributed by atoms with Crippen LogP contribution >= 0.6 is 0 Å². The first-order valence-corrected chi connectivity index (χ1v) is 5.18. The summed E-state index contributed by atoms with van der Waals surface area (Å²) in [5.41, 5.74) is 0. The summed E-state index contributed by atoms with van der Waals surface area (Å²) in [6.07, 6.45) is 8.40. The topological polar surface area (TPSA) is 12.0 Å². The van der Waals surface area contributed by atoms with Crippen LogP contribution in [0, 0.1) is 5.92 Å². The van der Waals surface area contributed by atoms with E-state index in [-0.39, 0.29) is 0 Å². The summed E-state index contributed by atoms with van der Waals surface area (Å²) in [4.78, 5) is 0. The van der Waals surface area contributed by atoms with Crippen molar-refractivity contribution in [1.29, 1.82) is 0 Å². The van der Waals surface area contributed by atoms with E-state index >= 15 is 0 Å². The molecule has 0 aliphatic carbocycles. The van der Waals surface area contributed by atoms with Crippen molar-refractivity contribution < 1.29 is 0 Å². The zero-order chi connectivity index (χ0) is 9.23. The van der Waals surface area contributed by atoms with E-state index in [4.69, 9.17) is 0 Å². The van der Waals surface area contributed by atoms with Crippen LogP contribution in [-0.4, -0.2) is 13.1 Å². The van der Waals surface area contributed by atoms with Crippen LogP contribution in [0.3, 0.4) is 0 Å². The van der Waals surface area contributed by atoms with Gasteiger partial charge in [0.15, 0.2) is 0 Å². The lowest BCUT2D eigenvalue weighted by Crippen LogP contribution is -2.12. The summed E-state index contributed by atoms with van der Waals surface area (Å²) in [6.45, 7) is 8.86. The molecule has 0 aromatic carbocycles. The molecule has 1 atom stereocenters. The van der Waals surface area contributed by atoms with Crippen LogP contribution in [0.4, 0.5) is 0 Å². The lowest BCUT2D eigenvalue weighted by molar-refractivity contribution is 0.630. The number of nitrogens with one attached hydrogen (secondary N) is 1. The molecule has 1 nitrogen and oxygen atoms in total. The highest BCUT2D eigenvalue weighted by Gasteiger charge is 1.92. The molecule has 0 radical (unpaired) electrons. The van der Waals surface area contributed by atoms with Gasteiger partial charge in [0.05, 0.1) is 0 Å². The Balaban J connectivity index is 3.22. The molecule has 12 heavy (non-hydrogen) atoms. The Morgan fingerprint density at radius 3 is 2.67 bits per heavy atom. The Kier molecular flexibility index (Phi) is 8.57. The van der Waals surface area contributed by atoms with E-state index in [0.717, 1.165) is 19.0 Å². The number of allylic oxidation sites excluding steroid dienone is 1. The van der Waals surface area contributed by atoms with E-state index in [0.29, 0.717) is 0 Å². The fraction of sp³-hybridized carbons (Fsp3) is 0.818. The van der Waals surface area contributed by atoms with E-state index in [1.807, 2.05) is 0 Å². The summed E-state index contributed by atoms with van der Waals surface area (Å²) in [7, 11) is 0. The minimum atomic E-state index is 0.761. The smallest absolute Gasteiger partial charge is 0.00144 e. The number of rotatable bonds is 7. The lowest BCUT2D eigenvalue weighted by atomic mass is 10.1. The third kappa shape index (κ3) is 7.80. The Hall–Kier alpha value is -0.300. The molecule has 72 valence electrons. The van der Waals surface area contributed by atoms with E-state index in [1.54, 1.807) is 0 Å². The van der Waals surface area contributed by atoms with Crippen molar-refractivity contribution in [2.24, 2.45) is 5.92 Å². The van der Waals surface area contributed by atoms with Crippen molar-refractivity contribution in [2.75, 3.05) is 13.1 Å². The van der Waals surface area contributed by atoms with Gasteiger partial charge in [0.2, 0.25) is 0 Å². The van der Waals surface area contributed by atoms with Crippen molar-refractivity contribution in [3.05, 3.63) is 12.2 Å². The Morgan fingerprint density at radius 1 is 1.33 bits per heavy atom. The first-order valence-electron chi connectivity index (χ1n) is 5.18. The molecule has 0 saturated carbocycles. The van der Waals surface area contributed by atoms with Gasteiger partial charge < -0.3 is 5.32 Å². The van der Waals surface area contributed by atoms with Crippen LogP contribution in [0.25, 0.3) is 0 Å². The average molecular weight is 169 g/mol. The fourth-order valence-electron chi connectivity index (χ4n) is 1.24. The zero-order valence-corrected chi connectivity index (χ0v) is 8.77. The van der Waals surface area contributed by atoms with Crippen molar-refractivity contribution in [2.45, 2.75) is 40.0 Å². The summed E-state index contributed by atoms with van der Waals surface area (Å²) < 4.78 is 0. The molecule has 0 spiro atoms. The Morgan fingerprint density at radius 2 is 2.08 bits per heavy atom. The molecule has 1 unspecified atom stereocenters. The standard InChI is InChI=1S/C11H23N/c1-4-8-11(3)9-6-7-10-12-5-2/h6,9,11-12H,4-5,7-8,10H2,1-3H3/b9-6+. The second kappa shape index (κ2) is 8.79. The molecule has 0 aliphatic heterocycles. The first-order chi connectivity index (χ1) is 5.81. The molecule has 0 saturated heterocycles. The molecular formula is C11H23N. The van der Waals surface area contributed by atoms with Crippen molar-refractivity contribution >= 4 is 0 Å². The number of hydrogen-bond donors (Lipinski definition) is 1. The summed E-state index contributed by atoms with van der Waals surface area (Å²) in [5.74, 6) is 0.761. The Bertz CT molecular complexity index is 108. The highest BCUT2D eigenvalue weighted by atomic mass is 14.8. The van der Waals surface area contributed by atoms with Gasteiger partial charge in [-0.15, -0.1) is 0 Å². The SMILES string of the molecule is CCCC(C)/C=C/CCNCC. The molecule has 0 aromatic heterocycles. The summed E-state index contributed by atoms with van der Waals surface area (Å²) in [5, 5.41) is 3.30. The molecule has 0 amide bonds. The predicted molar refractivity (Wildman–Crippen MR) is 56.4 cm³/mol. The molecule has 0 rings (SSSR count). The summed E-state index contributed by atoms with van der Waals surface area (Å²) in [6, 6.07) is 0. The van der Waals surface area contributed by atoms with Crippen LogP contribution in [0.15, 0.2) is 12.2 Å². The molecule has 0 aliphatic rings. The molecule has 0 heterocycles. The van der Waals surface area contributed by atoms with Gasteiger partial charge in [-0.1, -0.05) is 39.3 Å².